The van der Waals surface area contributed by atoms with Crippen LogP contribution in [0, 0.1) is 6.92 Å². The molecule has 0 saturated heterocycles. The fourth-order valence-electron chi connectivity index (χ4n) is 3.44. The number of aromatic nitrogens is 3. The lowest BCUT2D eigenvalue weighted by Crippen LogP contribution is -2.34. The molecule has 128 valence electrons. The molecule has 2 aromatic heterocycles. The normalized spacial score (nSPS) is 13.9. The Balaban J connectivity index is 1.77. The average molecular weight is 337 g/mol. The van der Waals surface area contributed by atoms with Gasteiger partial charge in [0.15, 0.2) is 0 Å². The second-order valence-electron chi connectivity index (χ2n) is 6.44. The van der Waals surface area contributed by atoms with Crippen LogP contribution in [0.1, 0.15) is 34.2 Å². The highest BCUT2D eigenvalue weighted by atomic mass is 16.2. The number of nitrogen functional groups attached to an aromatic ring is 1. The van der Waals surface area contributed by atoms with Gasteiger partial charge in [-0.2, -0.15) is 9.78 Å². The van der Waals surface area contributed by atoms with Crippen LogP contribution in [-0.2, 0) is 17.8 Å². The van der Waals surface area contributed by atoms with Gasteiger partial charge >= 0.3 is 0 Å². The van der Waals surface area contributed by atoms with E-state index in [1.54, 1.807) is 11.0 Å². The minimum atomic E-state index is -0.258. The van der Waals surface area contributed by atoms with Gasteiger partial charge in [-0.25, -0.2) is 0 Å². The first-order valence-electron chi connectivity index (χ1n) is 8.20. The first kappa shape index (κ1) is 15.4. The summed E-state index contributed by atoms with van der Waals surface area (Å²) < 4.78 is 1.27. The third kappa shape index (κ3) is 2.39. The van der Waals surface area contributed by atoms with Crippen molar-refractivity contribution in [2.45, 2.75) is 26.8 Å². The van der Waals surface area contributed by atoms with Crippen molar-refractivity contribution in [2.24, 2.45) is 0 Å². The molecule has 1 amide bonds. The molecule has 3 aromatic rings. The summed E-state index contributed by atoms with van der Waals surface area (Å²) in [6.07, 6.45) is 0.613. The number of nitrogens with one attached hydrogen (secondary N) is 1. The van der Waals surface area contributed by atoms with Crippen LogP contribution in [0.3, 0.4) is 0 Å². The number of hydrogen-bond acceptors (Lipinski definition) is 4. The summed E-state index contributed by atoms with van der Waals surface area (Å²) in [5, 5.41) is 5.26. The summed E-state index contributed by atoms with van der Waals surface area (Å²) in [6.45, 7) is 4.47. The molecule has 0 atom stereocenters. The van der Waals surface area contributed by atoms with E-state index in [-0.39, 0.29) is 11.8 Å². The van der Waals surface area contributed by atoms with E-state index in [4.69, 9.17) is 5.73 Å². The molecule has 3 heterocycles. The van der Waals surface area contributed by atoms with Crippen LogP contribution in [0.5, 0.6) is 0 Å². The van der Waals surface area contributed by atoms with Gasteiger partial charge < -0.3 is 15.6 Å². The Hall–Kier alpha value is -3.09. The highest BCUT2D eigenvalue weighted by Crippen LogP contribution is 2.26. The third-order valence-corrected chi connectivity index (χ3v) is 4.75. The number of carbonyl (C=O) groups is 2. The number of rotatable bonds is 1. The Bertz CT molecular complexity index is 1010. The Morgan fingerprint density at radius 1 is 1.32 bits per heavy atom. The van der Waals surface area contributed by atoms with Gasteiger partial charge in [0, 0.05) is 35.6 Å². The number of amides is 1. The molecule has 0 unspecified atom stereocenters. The van der Waals surface area contributed by atoms with E-state index in [1.165, 1.54) is 11.6 Å². The maximum Gasteiger partial charge on any atom is 0.280 e. The number of aryl methyl sites for hydroxylation is 1. The number of anilines is 1. The van der Waals surface area contributed by atoms with Crippen LogP contribution >= 0.6 is 0 Å². The zero-order valence-corrected chi connectivity index (χ0v) is 14.2. The van der Waals surface area contributed by atoms with Gasteiger partial charge in [0.05, 0.1) is 17.8 Å². The number of hydrogen-bond donors (Lipinski definition) is 2. The predicted octanol–water partition coefficient (Wildman–Crippen LogP) is 1.85. The van der Waals surface area contributed by atoms with Crippen molar-refractivity contribution in [1.82, 2.24) is 19.7 Å². The van der Waals surface area contributed by atoms with E-state index < -0.39 is 0 Å². The van der Waals surface area contributed by atoms with Gasteiger partial charge in [0.25, 0.3) is 5.91 Å². The van der Waals surface area contributed by atoms with Crippen molar-refractivity contribution in [3.8, 4) is 0 Å². The molecular formula is C18H19N5O2. The van der Waals surface area contributed by atoms with Gasteiger partial charge in [-0.15, -0.1) is 0 Å². The number of aromatic amines is 1. The fraction of sp³-hybridized carbons (Fsp3) is 0.278. The quantitative estimate of drug-likeness (QED) is 0.708. The lowest BCUT2D eigenvalue weighted by atomic mass is 10.1. The van der Waals surface area contributed by atoms with E-state index in [9.17, 15) is 9.59 Å². The first-order chi connectivity index (χ1) is 12.0. The van der Waals surface area contributed by atoms with E-state index in [0.717, 1.165) is 22.2 Å². The molecule has 0 radical (unpaired) electrons. The molecule has 0 spiro atoms. The molecule has 25 heavy (non-hydrogen) atoms. The van der Waals surface area contributed by atoms with Gasteiger partial charge in [0.2, 0.25) is 5.91 Å². The number of carbonyl (C=O) groups excluding carboxylic acids is 2. The molecule has 7 heteroatoms. The molecule has 0 saturated carbocycles. The summed E-state index contributed by atoms with van der Waals surface area (Å²) in [5.41, 5.74) is 10.2. The van der Waals surface area contributed by atoms with Gasteiger partial charge in [-0.3, -0.25) is 9.59 Å². The lowest BCUT2D eigenvalue weighted by molar-refractivity contribution is -0.129. The Morgan fingerprint density at radius 3 is 2.88 bits per heavy atom. The first-order valence-corrected chi connectivity index (χ1v) is 8.20. The van der Waals surface area contributed by atoms with Crippen molar-refractivity contribution in [3.63, 3.8) is 0 Å². The van der Waals surface area contributed by atoms with Crippen LogP contribution in [0.4, 0.5) is 5.82 Å². The molecule has 1 aliphatic rings. The second kappa shape index (κ2) is 5.47. The van der Waals surface area contributed by atoms with E-state index in [1.807, 2.05) is 25.1 Å². The number of H-pyrrole nitrogens is 1. The van der Waals surface area contributed by atoms with Crippen molar-refractivity contribution in [1.29, 1.82) is 0 Å². The summed E-state index contributed by atoms with van der Waals surface area (Å²) >= 11 is 0. The molecule has 4 rings (SSSR count). The molecule has 0 bridgehead atoms. The number of nitrogens with two attached hydrogens (primary N) is 1. The van der Waals surface area contributed by atoms with E-state index >= 15 is 0 Å². The van der Waals surface area contributed by atoms with Crippen LogP contribution < -0.4 is 5.73 Å². The summed E-state index contributed by atoms with van der Waals surface area (Å²) in [4.78, 5) is 29.6. The fourth-order valence-corrected chi connectivity index (χ4v) is 3.44. The maximum atomic E-state index is 13.0. The highest BCUT2D eigenvalue weighted by molar-refractivity contribution is 6.08. The Kier molecular flexibility index (Phi) is 3.38. The van der Waals surface area contributed by atoms with Crippen LogP contribution in [0.2, 0.25) is 0 Å². The average Bonchev–Trinajstić information content (AvgIpc) is 3.13. The molecular weight excluding hydrogens is 318 g/mol. The minimum Gasteiger partial charge on any atom is -0.383 e. The van der Waals surface area contributed by atoms with Crippen LogP contribution in [0.25, 0.3) is 10.9 Å². The molecule has 1 aliphatic heterocycles. The Labute approximate surface area is 144 Å². The number of fused-ring (bicyclic) bond motifs is 2. The molecule has 7 nitrogen and oxygen atoms in total. The molecule has 1 aromatic carbocycles. The lowest BCUT2D eigenvalue weighted by Gasteiger charge is -2.24. The third-order valence-electron chi connectivity index (χ3n) is 4.75. The van der Waals surface area contributed by atoms with Crippen molar-refractivity contribution in [2.75, 3.05) is 12.3 Å². The second-order valence-corrected chi connectivity index (χ2v) is 6.44. The number of nitrogens with zero attached hydrogens (tertiary/aromatic N) is 3. The zero-order valence-electron chi connectivity index (χ0n) is 14.2. The predicted molar refractivity (Wildman–Crippen MR) is 94.2 cm³/mol. The standard InChI is InChI=1S/C18H19N5O2/c1-10-8-14-12(4-3-5-15(14)20-10)18(25)23-17(19)13-6-7-22(11(2)24)9-16(13)21-23/h3-5,8,20H,6-7,9,19H2,1-2H3. The highest BCUT2D eigenvalue weighted by Gasteiger charge is 2.27. The topological polar surface area (TPSA) is 97.0 Å². The number of benzene rings is 1. The van der Waals surface area contributed by atoms with Crippen LogP contribution in [-0.4, -0.2) is 38.0 Å². The van der Waals surface area contributed by atoms with E-state index in [0.29, 0.717) is 36.6 Å². The molecule has 3 N–H and O–H groups in total. The maximum absolute atomic E-state index is 13.0. The molecule has 0 fully saturated rings. The van der Waals surface area contributed by atoms with E-state index in [2.05, 4.69) is 10.1 Å². The molecule has 0 aliphatic carbocycles. The smallest absolute Gasteiger partial charge is 0.280 e. The van der Waals surface area contributed by atoms with Crippen LogP contribution in [0.15, 0.2) is 24.3 Å². The summed E-state index contributed by atoms with van der Waals surface area (Å²) in [5.74, 6) is 0.107. The summed E-state index contributed by atoms with van der Waals surface area (Å²) in [6, 6.07) is 7.49. The van der Waals surface area contributed by atoms with Crippen molar-refractivity contribution >= 4 is 28.5 Å². The van der Waals surface area contributed by atoms with Crippen molar-refractivity contribution < 1.29 is 9.59 Å². The monoisotopic (exact) mass is 337 g/mol. The summed E-state index contributed by atoms with van der Waals surface area (Å²) in [7, 11) is 0. The van der Waals surface area contributed by atoms with Gasteiger partial charge in [-0.05, 0) is 31.5 Å². The van der Waals surface area contributed by atoms with Gasteiger partial charge in [0.1, 0.15) is 5.82 Å². The Morgan fingerprint density at radius 2 is 2.12 bits per heavy atom. The van der Waals surface area contributed by atoms with Gasteiger partial charge in [-0.1, -0.05) is 6.07 Å². The largest absolute Gasteiger partial charge is 0.383 e. The van der Waals surface area contributed by atoms with Crippen molar-refractivity contribution in [3.05, 3.63) is 46.8 Å². The minimum absolute atomic E-state index is 0.00216. The zero-order chi connectivity index (χ0) is 17.7. The SMILES string of the molecule is CC(=O)N1CCc2c(nn(C(=O)c3cccc4[nH]c(C)cc34)c2N)C1.